The monoisotopic (exact) mass is 424 g/mol. The minimum absolute atomic E-state index is 0.00867. The number of aliphatic hydroxyl groups is 1. The molecule has 0 heterocycles. The van der Waals surface area contributed by atoms with E-state index in [1.165, 1.54) is 25.1 Å². The van der Waals surface area contributed by atoms with Crippen molar-refractivity contribution in [2.75, 3.05) is 6.54 Å². The van der Waals surface area contributed by atoms with Crippen molar-refractivity contribution >= 4 is 5.91 Å². The molecule has 0 bridgehead atoms. The maximum absolute atomic E-state index is 14.0. The van der Waals surface area contributed by atoms with E-state index in [9.17, 15) is 27.5 Å². The zero-order valence-electron chi connectivity index (χ0n) is 16.5. The highest BCUT2D eigenvalue weighted by Crippen LogP contribution is 2.39. The second-order valence-corrected chi connectivity index (χ2v) is 7.89. The standard InChI is InChI=1S/C22H24F4N2O2/c1-13(29)28-20(9-14-7-15(23)10-16(24)8-14)21(30)12-27-22(5-6-22)11-17-18(25)3-2-4-19(17)26/h2-4,7-8,10,20-21,27,30H,5-6,9,11-12H2,1H3,(H,28,29). The number of halogens is 4. The molecule has 4 nitrogen and oxygen atoms in total. The summed E-state index contributed by atoms with van der Waals surface area (Å²) in [6.45, 7) is 1.32. The van der Waals surface area contributed by atoms with Gasteiger partial charge in [0.2, 0.25) is 5.91 Å². The van der Waals surface area contributed by atoms with Crippen molar-refractivity contribution in [2.45, 2.75) is 50.3 Å². The van der Waals surface area contributed by atoms with Crippen LogP contribution in [0.3, 0.4) is 0 Å². The molecule has 2 atom stereocenters. The summed E-state index contributed by atoms with van der Waals surface area (Å²) in [5, 5.41) is 16.4. The Labute approximate surface area is 172 Å². The Morgan fingerprint density at radius 2 is 1.70 bits per heavy atom. The van der Waals surface area contributed by atoms with Crippen molar-refractivity contribution in [1.82, 2.24) is 10.6 Å². The molecule has 0 radical (unpaired) electrons. The largest absolute Gasteiger partial charge is 0.390 e. The highest BCUT2D eigenvalue weighted by Gasteiger charge is 2.43. The molecule has 3 N–H and O–H groups in total. The van der Waals surface area contributed by atoms with Crippen LogP contribution < -0.4 is 10.6 Å². The minimum Gasteiger partial charge on any atom is -0.390 e. The van der Waals surface area contributed by atoms with E-state index in [1.54, 1.807) is 0 Å². The van der Waals surface area contributed by atoms with Gasteiger partial charge in [0.25, 0.3) is 0 Å². The second kappa shape index (κ2) is 9.14. The van der Waals surface area contributed by atoms with Crippen molar-refractivity contribution < 1.29 is 27.5 Å². The van der Waals surface area contributed by atoms with Gasteiger partial charge in [0.1, 0.15) is 23.3 Å². The van der Waals surface area contributed by atoms with Gasteiger partial charge < -0.3 is 15.7 Å². The van der Waals surface area contributed by atoms with Gasteiger partial charge >= 0.3 is 0 Å². The van der Waals surface area contributed by atoms with Crippen LogP contribution in [-0.4, -0.2) is 35.2 Å². The van der Waals surface area contributed by atoms with Gasteiger partial charge in [0, 0.05) is 30.6 Å². The summed E-state index contributed by atoms with van der Waals surface area (Å²) in [6.07, 6.45) is 0.452. The number of benzene rings is 2. The van der Waals surface area contributed by atoms with Crippen molar-refractivity contribution in [2.24, 2.45) is 0 Å². The minimum atomic E-state index is -1.08. The average molecular weight is 424 g/mol. The zero-order chi connectivity index (χ0) is 21.9. The first-order valence-corrected chi connectivity index (χ1v) is 9.75. The van der Waals surface area contributed by atoms with Crippen LogP contribution in [0.4, 0.5) is 17.6 Å². The van der Waals surface area contributed by atoms with E-state index in [-0.39, 0.29) is 24.9 Å². The van der Waals surface area contributed by atoms with Gasteiger partial charge in [-0.25, -0.2) is 17.6 Å². The van der Waals surface area contributed by atoms with Gasteiger partial charge in [-0.1, -0.05) is 6.07 Å². The molecule has 0 aromatic heterocycles. The van der Waals surface area contributed by atoms with E-state index < -0.39 is 46.9 Å². The third-order valence-corrected chi connectivity index (χ3v) is 5.35. The summed E-state index contributed by atoms with van der Waals surface area (Å²) in [5.41, 5.74) is -0.249. The topological polar surface area (TPSA) is 61.4 Å². The summed E-state index contributed by atoms with van der Waals surface area (Å²) >= 11 is 0. The first-order valence-electron chi connectivity index (χ1n) is 9.75. The van der Waals surface area contributed by atoms with Crippen molar-refractivity contribution in [3.05, 3.63) is 70.8 Å². The lowest BCUT2D eigenvalue weighted by Crippen LogP contribution is -2.50. The van der Waals surface area contributed by atoms with E-state index in [0.717, 1.165) is 18.2 Å². The maximum Gasteiger partial charge on any atom is 0.217 e. The molecule has 2 unspecified atom stereocenters. The first-order chi connectivity index (χ1) is 14.2. The Morgan fingerprint density at radius 3 is 2.23 bits per heavy atom. The number of aliphatic hydroxyl groups excluding tert-OH is 1. The summed E-state index contributed by atoms with van der Waals surface area (Å²) in [6, 6.07) is 5.94. The Hall–Kier alpha value is -2.45. The predicted octanol–water partition coefficient (Wildman–Crippen LogP) is 3.02. The number of carbonyl (C=O) groups is 1. The summed E-state index contributed by atoms with van der Waals surface area (Å²) in [4.78, 5) is 11.5. The molecule has 2 aromatic rings. The van der Waals surface area contributed by atoms with Crippen LogP contribution >= 0.6 is 0 Å². The molecule has 3 rings (SSSR count). The van der Waals surface area contributed by atoms with E-state index in [0.29, 0.717) is 18.4 Å². The smallest absolute Gasteiger partial charge is 0.217 e. The van der Waals surface area contributed by atoms with Crippen LogP contribution in [-0.2, 0) is 17.6 Å². The molecule has 30 heavy (non-hydrogen) atoms. The molecule has 1 aliphatic rings. The van der Waals surface area contributed by atoms with Crippen molar-refractivity contribution in [3.63, 3.8) is 0 Å². The molecule has 1 saturated carbocycles. The summed E-state index contributed by atoms with van der Waals surface area (Å²) in [7, 11) is 0. The Bertz CT molecular complexity index is 878. The molecular formula is C22H24F4N2O2. The number of hydrogen-bond donors (Lipinski definition) is 3. The normalized spacial score (nSPS) is 16.7. The number of carbonyl (C=O) groups excluding carboxylic acids is 1. The molecule has 0 spiro atoms. The second-order valence-electron chi connectivity index (χ2n) is 7.89. The van der Waals surface area contributed by atoms with Crippen LogP contribution in [0.2, 0.25) is 0 Å². The lowest BCUT2D eigenvalue weighted by Gasteiger charge is -2.27. The number of amides is 1. The summed E-state index contributed by atoms with van der Waals surface area (Å²) < 4.78 is 54.8. The fraction of sp³-hybridized carbons (Fsp3) is 0.409. The molecule has 2 aromatic carbocycles. The van der Waals surface area contributed by atoms with Crippen molar-refractivity contribution in [3.8, 4) is 0 Å². The molecule has 1 aliphatic carbocycles. The molecular weight excluding hydrogens is 400 g/mol. The molecule has 8 heteroatoms. The number of rotatable bonds is 9. The molecule has 1 amide bonds. The van der Waals surface area contributed by atoms with Gasteiger partial charge in [0.15, 0.2) is 0 Å². The van der Waals surface area contributed by atoms with Crippen LogP contribution in [0.5, 0.6) is 0 Å². The van der Waals surface area contributed by atoms with E-state index in [2.05, 4.69) is 10.6 Å². The van der Waals surface area contributed by atoms with Gasteiger partial charge in [-0.05, 0) is 55.5 Å². The van der Waals surface area contributed by atoms with Gasteiger partial charge in [0.05, 0.1) is 12.1 Å². The number of hydrogen-bond acceptors (Lipinski definition) is 3. The molecule has 0 saturated heterocycles. The molecule has 162 valence electrons. The highest BCUT2D eigenvalue weighted by molar-refractivity contribution is 5.73. The maximum atomic E-state index is 14.0. The SMILES string of the molecule is CC(=O)NC(Cc1cc(F)cc(F)c1)C(O)CNC1(Cc2c(F)cccc2F)CC1. The lowest BCUT2D eigenvalue weighted by atomic mass is 9.99. The Kier molecular flexibility index (Phi) is 6.77. The predicted molar refractivity (Wildman–Crippen MR) is 104 cm³/mol. The zero-order valence-corrected chi connectivity index (χ0v) is 16.5. The fourth-order valence-electron chi connectivity index (χ4n) is 3.60. The van der Waals surface area contributed by atoms with Gasteiger partial charge in [-0.3, -0.25) is 4.79 Å². The van der Waals surface area contributed by atoms with Crippen LogP contribution in [0.25, 0.3) is 0 Å². The fourth-order valence-corrected chi connectivity index (χ4v) is 3.60. The molecule has 0 aliphatic heterocycles. The van der Waals surface area contributed by atoms with E-state index >= 15 is 0 Å². The van der Waals surface area contributed by atoms with Crippen LogP contribution in [0, 0.1) is 23.3 Å². The number of nitrogens with one attached hydrogen (secondary N) is 2. The lowest BCUT2D eigenvalue weighted by molar-refractivity contribution is -0.120. The molecule has 1 fully saturated rings. The third kappa shape index (κ3) is 5.79. The van der Waals surface area contributed by atoms with Gasteiger partial charge in [-0.2, -0.15) is 0 Å². The Balaban J connectivity index is 1.65. The van der Waals surface area contributed by atoms with Crippen LogP contribution in [0.1, 0.15) is 30.9 Å². The quantitative estimate of drug-likeness (QED) is 0.543. The third-order valence-electron chi connectivity index (χ3n) is 5.35. The van der Waals surface area contributed by atoms with Crippen molar-refractivity contribution in [1.29, 1.82) is 0 Å². The number of β-amino-alcohol motifs (C(OH)–C–C–N with tert-alkyl or cyclic N) is 1. The van der Waals surface area contributed by atoms with Crippen LogP contribution in [0.15, 0.2) is 36.4 Å². The Morgan fingerprint density at radius 1 is 1.10 bits per heavy atom. The van der Waals surface area contributed by atoms with E-state index in [1.807, 2.05) is 0 Å². The average Bonchev–Trinajstić information content (AvgIpc) is 3.41. The van der Waals surface area contributed by atoms with Gasteiger partial charge in [-0.15, -0.1) is 0 Å². The highest BCUT2D eigenvalue weighted by atomic mass is 19.1. The first kappa shape index (κ1) is 22.2. The summed E-state index contributed by atoms with van der Waals surface area (Å²) in [5.74, 6) is -3.13. The van der Waals surface area contributed by atoms with E-state index in [4.69, 9.17) is 0 Å².